The number of nitro groups is 1. The quantitative estimate of drug-likeness (QED) is 0.380. The van der Waals surface area contributed by atoms with Gasteiger partial charge in [0, 0.05) is 23.4 Å². The van der Waals surface area contributed by atoms with Crippen LogP contribution in [0, 0.1) is 10.1 Å². The number of hydrazone groups is 1. The number of non-ortho nitro benzene ring substituents is 1. The van der Waals surface area contributed by atoms with E-state index in [1.54, 1.807) is 36.4 Å². The van der Waals surface area contributed by atoms with Crippen molar-refractivity contribution in [2.75, 3.05) is 5.73 Å². The van der Waals surface area contributed by atoms with E-state index in [-0.39, 0.29) is 18.0 Å². The molecule has 0 fully saturated rings. The number of benzene rings is 2. The maximum atomic E-state index is 11.7. The topological polar surface area (TPSA) is 111 Å². The molecule has 22 heavy (non-hydrogen) atoms. The number of nitrogens with one attached hydrogen (secondary N) is 1. The van der Waals surface area contributed by atoms with E-state index in [4.69, 9.17) is 5.73 Å². The van der Waals surface area contributed by atoms with Crippen LogP contribution in [0.4, 0.5) is 11.4 Å². The van der Waals surface area contributed by atoms with Crippen LogP contribution in [-0.4, -0.2) is 17.0 Å². The van der Waals surface area contributed by atoms with Crippen LogP contribution in [0.5, 0.6) is 0 Å². The molecule has 0 spiro atoms. The summed E-state index contributed by atoms with van der Waals surface area (Å²) in [4.78, 5) is 21.9. The van der Waals surface area contributed by atoms with Gasteiger partial charge in [0.1, 0.15) is 0 Å². The van der Waals surface area contributed by atoms with Crippen LogP contribution in [0.1, 0.15) is 11.1 Å². The van der Waals surface area contributed by atoms with Crippen LogP contribution in [0.25, 0.3) is 0 Å². The van der Waals surface area contributed by atoms with Gasteiger partial charge in [-0.05, 0) is 17.7 Å². The molecule has 0 saturated heterocycles. The number of nitro benzene ring substituents is 1. The molecule has 3 N–H and O–H groups in total. The number of nitrogen functional groups attached to an aromatic ring is 1. The lowest BCUT2D eigenvalue weighted by Gasteiger charge is -2.01. The molecule has 0 unspecified atom stereocenters. The zero-order valence-electron chi connectivity index (χ0n) is 11.6. The van der Waals surface area contributed by atoms with Gasteiger partial charge in [0.25, 0.3) is 5.69 Å². The zero-order chi connectivity index (χ0) is 15.9. The Labute approximate surface area is 126 Å². The van der Waals surface area contributed by atoms with E-state index < -0.39 is 4.92 Å². The third kappa shape index (κ3) is 4.41. The number of carbonyl (C=O) groups is 1. The predicted molar refractivity (Wildman–Crippen MR) is 83.4 cm³/mol. The Morgan fingerprint density at radius 2 is 2.00 bits per heavy atom. The van der Waals surface area contributed by atoms with E-state index >= 15 is 0 Å². The monoisotopic (exact) mass is 298 g/mol. The largest absolute Gasteiger partial charge is 0.399 e. The molecule has 7 nitrogen and oxygen atoms in total. The summed E-state index contributed by atoms with van der Waals surface area (Å²) in [6, 6.07) is 12.9. The number of nitrogens with two attached hydrogens (primary N) is 1. The second-order valence-corrected chi connectivity index (χ2v) is 4.56. The summed E-state index contributed by atoms with van der Waals surface area (Å²) in [6.45, 7) is 0. The predicted octanol–water partition coefficient (Wildman–Crippen LogP) is 1.87. The lowest BCUT2D eigenvalue weighted by Crippen LogP contribution is -2.19. The van der Waals surface area contributed by atoms with Crippen molar-refractivity contribution in [1.29, 1.82) is 0 Å². The number of hydrogen-bond acceptors (Lipinski definition) is 5. The minimum Gasteiger partial charge on any atom is -0.399 e. The standard InChI is InChI=1S/C15H14N4O3/c16-13-6-4-11(5-7-13)9-15(20)18-17-10-12-2-1-3-14(8-12)19(21)22/h1-8,10H,9,16H2,(H,18,20)/b17-10-. The first-order valence-electron chi connectivity index (χ1n) is 6.45. The smallest absolute Gasteiger partial charge is 0.270 e. The first-order valence-corrected chi connectivity index (χ1v) is 6.45. The Hall–Kier alpha value is -3.22. The van der Waals surface area contributed by atoms with Gasteiger partial charge >= 0.3 is 0 Å². The van der Waals surface area contributed by atoms with Crippen molar-refractivity contribution in [1.82, 2.24) is 5.43 Å². The normalized spacial score (nSPS) is 10.5. The van der Waals surface area contributed by atoms with Gasteiger partial charge in [-0.3, -0.25) is 14.9 Å². The second kappa shape index (κ2) is 6.98. The molecule has 0 aliphatic rings. The summed E-state index contributed by atoms with van der Waals surface area (Å²) >= 11 is 0. The highest BCUT2D eigenvalue weighted by Crippen LogP contribution is 2.11. The van der Waals surface area contributed by atoms with Crippen LogP contribution in [-0.2, 0) is 11.2 Å². The van der Waals surface area contributed by atoms with E-state index in [0.29, 0.717) is 11.3 Å². The Morgan fingerprint density at radius 3 is 2.68 bits per heavy atom. The molecule has 0 atom stereocenters. The molecule has 1 amide bonds. The number of nitrogens with zero attached hydrogens (tertiary/aromatic N) is 2. The van der Waals surface area contributed by atoms with Crippen molar-refractivity contribution in [3.05, 3.63) is 69.8 Å². The molecule has 2 rings (SSSR count). The minimum absolute atomic E-state index is 0.0304. The van der Waals surface area contributed by atoms with Gasteiger partial charge in [-0.2, -0.15) is 5.10 Å². The Kier molecular flexibility index (Phi) is 4.81. The van der Waals surface area contributed by atoms with Gasteiger partial charge in [0.05, 0.1) is 17.6 Å². The van der Waals surface area contributed by atoms with Gasteiger partial charge in [-0.25, -0.2) is 5.43 Å². The van der Waals surface area contributed by atoms with Crippen molar-refractivity contribution < 1.29 is 9.72 Å². The number of amides is 1. The molecular formula is C15H14N4O3. The number of anilines is 1. The average molecular weight is 298 g/mol. The van der Waals surface area contributed by atoms with Crippen LogP contribution < -0.4 is 11.2 Å². The summed E-state index contributed by atoms with van der Waals surface area (Å²) in [5.41, 5.74) is 9.88. The van der Waals surface area contributed by atoms with E-state index in [0.717, 1.165) is 5.56 Å². The van der Waals surface area contributed by atoms with Crippen LogP contribution in [0.15, 0.2) is 53.6 Å². The molecule has 0 aliphatic heterocycles. The number of carbonyl (C=O) groups excluding carboxylic acids is 1. The lowest BCUT2D eigenvalue weighted by molar-refractivity contribution is -0.384. The third-order valence-corrected chi connectivity index (χ3v) is 2.83. The lowest BCUT2D eigenvalue weighted by atomic mass is 10.1. The second-order valence-electron chi connectivity index (χ2n) is 4.56. The zero-order valence-corrected chi connectivity index (χ0v) is 11.6. The van der Waals surface area contributed by atoms with Crippen molar-refractivity contribution in [3.63, 3.8) is 0 Å². The summed E-state index contributed by atoms with van der Waals surface area (Å²) < 4.78 is 0. The fourth-order valence-electron chi connectivity index (χ4n) is 1.76. The highest BCUT2D eigenvalue weighted by molar-refractivity contribution is 5.83. The highest BCUT2D eigenvalue weighted by atomic mass is 16.6. The van der Waals surface area contributed by atoms with E-state index in [2.05, 4.69) is 10.5 Å². The molecule has 0 bridgehead atoms. The maximum absolute atomic E-state index is 11.7. The maximum Gasteiger partial charge on any atom is 0.270 e. The Morgan fingerprint density at radius 1 is 1.27 bits per heavy atom. The van der Waals surface area contributed by atoms with Crippen LogP contribution >= 0.6 is 0 Å². The van der Waals surface area contributed by atoms with Crippen LogP contribution in [0.2, 0.25) is 0 Å². The SMILES string of the molecule is Nc1ccc(CC(=O)N/N=C\c2cccc([N+](=O)[O-])c2)cc1. The van der Waals surface area contributed by atoms with Gasteiger partial charge in [0.2, 0.25) is 5.91 Å². The van der Waals surface area contributed by atoms with E-state index in [1.807, 2.05) is 0 Å². The Balaban J connectivity index is 1.91. The molecule has 0 aromatic heterocycles. The summed E-state index contributed by atoms with van der Waals surface area (Å²) in [6.07, 6.45) is 1.53. The van der Waals surface area contributed by atoms with Crippen molar-refractivity contribution in [2.45, 2.75) is 6.42 Å². The molecule has 0 aliphatic carbocycles. The first kappa shape index (κ1) is 15.2. The fraction of sp³-hybridized carbons (Fsp3) is 0.0667. The molecule has 2 aromatic rings. The van der Waals surface area contributed by atoms with Crippen LogP contribution in [0.3, 0.4) is 0 Å². The molecule has 112 valence electrons. The summed E-state index contributed by atoms with van der Waals surface area (Å²) in [5, 5.41) is 14.4. The fourth-order valence-corrected chi connectivity index (χ4v) is 1.76. The van der Waals surface area contributed by atoms with Crippen molar-refractivity contribution >= 4 is 23.5 Å². The average Bonchev–Trinajstić information content (AvgIpc) is 2.50. The molecule has 0 radical (unpaired) electrons. The molecule has 0 heterocycles. The number of rotatable bonds is 5. The van der Waals surface area contributed by atoms with E-state index in [1.165, 1.54) is 18.3 Å². The van der Waals surface area contributed by atoms with Gasteiger partial charge in [0.15, 0.2) is 0 Å². The molecular weight excluding hydrogens is 284 g/mol. The summed E-state index contributed by atoms with van der Waals surface area (Å²) in [5.74, 6) is -0.286. The summed E-state index contributed by atoms with van der Waals surface area (Å²) in [7, 11) is 0. The number of hydrogen-bond donors (Lipinski definition) is 2. The van der Waals surface area contributed by atoms with Gasteiger partial charge in [-0.15, -0.1) is 0 Å². The highest BCUT2D eigenvalue weighted by Gasteiger charge is 2.04. The first-order chi connectivity index (χ1) is 10.5. The Bertz CT molecular complexity index is 711. The molecule has 0 saturated carbocycles. The molecule has 7 heteroatoms. The third-order valence-electron chi connectivity index (χ3n) is 2.83. The van der Waals surface area contributed by atoms with Crippen molar-refractivity contribution in [2.24, 2.45) is 5.10 Å². The van der Waals surface area contributed by atoms with Gasteiger partial charge < -0.3 is 5.73 Å². The molecule has 2 aromatic carbocycles. The van der Waals surface area contributed by atoms with E-state index in [9.17, 15) is 14.9 Å². The van der Waals surface area contributed by atoms with Gasteiger partial charge in [-0.1, -0.05) is 24.3 Å². The minimum atomic E-state index is -0.489. The van der Waals surface area contributed by atoms with Crippen molar-refractivity contribution in [3.8, 4) is 0 Å².